The molecule has 0 saturated heterocycles. The molecule has 0 aliphatic rings. The molecule has 1 amide bonds. The van der Waals surface area contributed by atoms with Crippen molar-refractivity contribution in [3.8, 4) is 0 Å². The molecule has 0 unspecified atom stereocenters. The molecule has 0 fully saturated rings. The van der Waals surface area contributed by atoms with E-state index in [1.165, 1.54) is 32.3 Å². The Kier molecular flexibility index (Phi) is 7.73. The van der Waals surface area contributed by atoms with E-state index in [0.717, 1.165) is 14.2 Å². The summed E-state index contributed by atoms with van der Waals surface area (Å²) < 4.78 is 42.2. The van der Waals surface area contributed by atoms with Crippen molar-refractivity contribution in [1.82, 2.24) is 9.21 Å². The topological polar surface area (TPSA) is 60.9 Å². The molecule has 0 N–H and O–H groups in total. The first-order valence-electron chi connectivity index (χ1n) is 10.1. The van der Waals surface area contributed by atoms with Crippen molar-refractivity contribution in [2.75, 3.05) is 25.4 Å². The van der Waals surface area contributed by atoms with E-state index in [1.54, 1.807) is 54.4 Å². The van der Waals surface area contributed by atoms with Crippen LogP contribution in [-0.2, 0) is 23.3 Å². The number of para-hydroxylation sites is 1. The lowest BCUT2D eigenvalue weighted by Crippen LogP contribution is -2.40. The zero-order valence-corrected chi connectivity index (χ0v) is 20.1. The number of hydrogen-bond acceptors (Lipinski definition) is 3. The minimum absolute atomic E-state index is 0.0472. The maximum Gasteiger partial charge on any atom is 0.303 e. The zero-order chi connectivity index (χ0) is 24.2. The van der Waals surface area contributed by atoms with Crippen LogP contribution in [0.25, 0.3) is 0 Å². The highest BCUT2D eigenvalue weighted by Gasteiger charge is 2.27. The maximum atomic E-state index is 14.4. The van der Waals surface area contributed by atoms with Crippen LogP contribution in [0.3, 0.4) is 0 Å². The molecular weight excluding hydrogens is 465 g/mol. The summed E-state index contributed by atoms with van der Waals surface area (Å²) in [6, 6.07) is 19.6. The molecule has 0 bridgehead atoms. The summed E-state index contributed by atoms with van der Waals surface area (Å²) in [6.45, 7) is 0.330. The quantitative estimate of drug-likeness (QED) is 0.466. The third-order valence-electron chi connectivity index (χ3n) is 5.07. The first-order chi connectivity index (χ1) is 15.6. The standard InChI is InChI=1S/C24H25ClFN3O3S/c1-27(2)33(31,32)29(23-7-5-4-6-22(23)26)17-19-8-12-20(13-9-19)24(30)28(3)16-18-10-14-21(25)15-11-18/h4-15H,16-17H2,1-3H3. The van der Waals surface area contributed by atoms with Crippen LogP contribution in [0.15, 0.2) is 72.8 Å². The number of carbonyl (C=O) groups is 1. The van der Waals surface area contributed by atoms with Gasteiger partial charge in [-0.3, -0.25) is 9.10 Å². The van der Waals surface area contributed by atoms with Crippen LogP contribution in [0.2, 0.25) is 5.02 Å². The van der Waals surface area contributed by atoms with Crippen molar-refractivity contribution in [3.05, 3.63) is 100 Å². The Morgan fingerprint density at radius 3 is 1.97 bits per heavy atom. The third kappa shape index (κ3) is 5.90. The van der Waals surface area contributed by atoms with Crippen LogP contribution in [0, 0.1) is 5.82 Å². The van der Waals surface area contributed by atoms with Crippen LogP contribution < -0.4 is 4.31 Å². The molecule has 9 heteroatoms. The predicted octanol–water partition coefficient (Wildman–Crippen LogP) is 4.56. The Balaban J connectivity index is 1.79. The number of benzene rings is 3. The van der Waals surface area contributed by atoms with Crippen LogP contribution in [-0.4, -0.2) is 44.7 Å². The minimum atomic E-state index is -3.95. The van der Waals surface area contributed by atoms with Gasteiger partial charge >= 0.3 is 10.2 Å². The van der Waals surface area contributed by atoms with E-state index in [2.05, 4.69) is 0 Å². The number of hydrogen-bond donors (Lipinski definition) is 0. The number of amides is 1. The summed E-state index contributed by atoms with van der Waals surface area (Å²) in [7, 11) is 0.535. The van der Waals surface area contributed by atoms with Crippen LogP contribution in [0.4, 0.5) is 10.1 Å². The first kappa shape index (κ1) is 24.7. The van der Waals surface area contributed by atoms with Gasteiger partial charge in [0, 0.05) is 38.3 Å². The largest absolute Gasteiger partial charge is 0.337 e. The van der Waals surface area contributed by atoms with Crippen molar-refractivity contribution < 1.29 is 17.6 Å². The van der Waals surface area contributed by atoms with E-state index in [0.29, 0.717) is 22.7 Å². The van der Waals surface area contributed by atoms with Crippen molar-refractivity contribution in [2.45, 2.75) is 13.1 Å². The van der Waals surface area contributed by atoms with Gasteiger partial charge in [-0.1, -0.05) is 48.0 Å². The Hall–Kier alpha value is -2.94. The van der Waals surface area contributed by atoms with Gasteiger partial charge in [0.25, 0.3) is 5.91 Å². The minimum Gasteiger partial charge on any atom is -0.337 e. The number of rotatable bonds is 8. The molecule has 0 radical (unpaired) electrons. The second kappa shape index (κ2) is 10.3. The first-order valence-corrected chi connectivity index (χ1v) is 11.9. The number of anilines is 1. The average Bonchev–Trinajstić information content (AvgIpc) is 2.79. The molecule has 0 aromatic heterocycles. The van der Waals surface area contributed by atoms with Crippen LogP contribution in [0.5, 0.6) is 0 Å². The van der Waals surface area contributed by atoms with E-state index in [1.807, 2.05) is 12.1 Å². The molecule has 174 valence electrons. The fraction of sp³-hybridized carbons (Fsp3) is 0.208. The Bertz CT molecular complexity index is 1220. The van der Waals surface area contributed by atoms with Crippen LogP contribution in [0.1, 0.15) is 21.5 Å². The van der Waals surface area contributed by atoms with E-state index < -0.39 is 16.0 Å². The Morgan fingerprint density at radius 2 is 1.39 bits per heavy atom. The van der Waals surface area contributed by atoms with Crippen LogP contribution >= 0.6 is 11.6 Å². The molecule has 3 aromatic carbocycles. The molecule has 0 saturated carbocycles. The second-order valence-corrected chi connectivity index (χ2v) is 10.2. The Labute approximate surface area is 199 Å². The lowest BCUT2D eigenvalue weighted by atomic mass is 10.1. The van der Waals surface area contributed by atoms with Gasteiger partial charge in [0.2, 0.25) is 0 Å². The molecule has 3 rings (SSSR count). The van der Waals surface area contributed by atoms with Gasteiger partial charge in [0.05, 0.1) is 12.2 Å². The summed E-state index contributed by atoms with van der Waals surface area (Å²) in [5, 5.41) is 0.629. The van der Waals surface area contributed by atoms with Gasteiger partial charge in [-0.05, 0) is 47.5 Å². The number of carbonyl (C=O) groups excluding carboxylic acids is 1. The SMILES string of the molecule is CN(Cc1ccc(Cl)cc1)C(=O)c1ccc(CN(c2ccccc2F)S(=O)(=O)N(C)C)cc1. The molecule has 0 spiro atoms. The van der Waals surface area contributed by atoms with E-state index in [9.17, 15) is 17.6 Å². The molecule has 0 heterocycles. The molecule has 0 aliphatic heterocycles. The highest BCUT2D eigenvalue weighted by Crippen LogP contribution is 2.25. The van der Waals surface area contributed by atoms with E-state index in [4.69, 9.17) is 11.6 Å². The molecular formula is C24H25ClFN3O3S. The fourth-order valence-corrected chi connectivity index (χ4v) is 4.45. The van der Waals surface area contributed by atoms with Crippen molar-refractivity contribution in [1.29, 1.82) is 0 Å². The smallest absolute Gasteiger partial charge is 0.303 e. The van der Waals surface area contributed by atoms with Gasteiger partial charge in [0.1, 0.15) is 5.82 Å². The summed E-state index contributed by atoms with van der Waals surface area (Å²) >= 11 is 5.91. The summed E-state index contributed by atoms with van der Waals surface area (Å²) in [4.78, 5) is 14.4. The second-order valence-electron chi connectivity index (χ2n) is 7.73. The van der Waals surface area contributed by atoms with Gasteiger partial charge in [-0.25, -0.2) is 4.39 Å². The summed E-state index contributed by atoms with van der Waals surface area (Å²) in [5.74, 6) is -0.818. The van der Waals surface area contributed by atoms with Gasteiger partial charge < -0.3 is 4.90 Å². The van der Waals surface area contributed by atoms with Crippen molar-refractivity contribution in [2.24, 2.45) is 0 Å². The molecule has 0 atom stereocenters. The van der Waals surface area contributed by atoms with Crippen molar-refractivity contribution >= 4 is 33.4 Å². The zero-order valence-electron chi connectivity index (χ0n) is 18.6. The summed E-state index contributed by atoms with van der Waals surface area (Å²) in [6.07, 6.45) is 0. The number of halogens is 2. The van der Waals surface area contributed by atoms with Crippen molar-refractivity contribution in [3.63, 3.8) is 0 Å². The lowest BCUT2D eigenvalue weighted by Gasteiger charge is -2.28. The molecule has 6 nitrogen and oxygen atoms in total. The monoisotopic (exact) mass is 489 g/mol. The average molecular weight is 490 g/mol. The molecule has 0 aliphatic carbocycles. The lowest BCUT2D eigenvalue weighted by molar-refractivity contribution is 0.0785. The third-order valence-corrected chi connectivity index (χ3v) is 7.13. The highest BCUT2D eigenvalue weighted by atomic mass is 35.5. The van der Waals surface area contributed by atoms with Gasteiger partial charge in [-0.15, -0.1) is 0 Å². The fourth-order valence-electron chi connectivity index (χ4n) is 3.22. The van der Waals surface area contributed by atoms with Gasteiger partial charge in [-0.2, -0.15) is 12.7 Å². The predicted molar refractivity (Wildman–Crippen MR) is 129 cm³/mol. The van der Waals surface area contributed by atoms with E-state index >= 15 is 0 Å². The molecule has 3 aromatic rings. The van der Waals surface area contributed by atoms with E-state index in [-0.39, 0.29) is 18.1 Å². The van der Waals surface area contributed by atoms with Gasteiger partial charge in [0.15, 0.2) is 0 Å². The molecule has 33 heavy (non-hydrogen) atoms. The number of nitrogens with zero attached hydrogens (tertiary/aromatic N) is 3. The Morgan fingerprint density at radius 1 is 0.848 bits per heavy atom. The highest BCUT2D eigenvalue weighted by molar-refractivity contribution is 7.90. The maximum absolute atomic E-state index is 14.4. The summed E-state index contributed by atoms with van der Waals surface area (Å²) in [5.41, 5.74) is 1.97. The normalized spacial score (nSPS) is 11.5.